The van der Waals surface area contributed by atoms with E-state index in [-0.39, 0.29) is 11.4 Å². The molecule has 1 atom stereocenters. The van der Waals surface area contributed by atoms with Crippen molar-refractivity contribution in [1.29, 1.82) is 0 Å². The minimum Gasteiger partial charge on any atom is -0.308 e. The van der Waals surface area contributed by atoms with Gasteiger partial charge in [-0.05, 0) is 47.5 Å². The van der Waals surface area contributed by atoms with Crippen molar-refractivity contribution in [3.63, 3.8) is 0 Å². The summed E-state index contributed by atoms with van der Waals surface area (Å²) < 4.78 is 29.6. The molecule has 0 aliphatic heterocycles. The summed E-state index contributed by atoms with van der Waals surface area (Å²) in [5.74, 6) is -0.828. The maximum Gasteiger partial charge on any atom is 0.264 e. The van der Waals surface area contributed by atoms with E-state index in [0.717, 1.165) is 5.56 Å². The number of halogens is 2. The number of rotatable bonds is 5. The molecule has 1 N–H and O–H groups in total. The number of pyridine rings is 1. The quantitative estimate of drug-likeness (QED) is 0.513. The van der Waals surface area contributed by atoms with Crippen LogP contribution in [0.15, 0.2) is 79.1 Å². The van der Waals surface area contributed by atoms with Crippen LogP contribution in [0.5, 0.6) is 0 Å². The van der Waals surface area contributed by atoms with Crippen LogP contribution in [0.2, 0.25) is 0 Å². The lowest BCUT2D eigenvalue weighted by Gasteiger charge is -2.12. The van der Waals surface area contributed by atoms with Crippen LogP contribution in [-0.2, 0) is 11.8 Å². The zero-order valence-electron chi connectivity index (χ0n) is 16.1. The molecule has 4 aromatic rings. The van der Waals surface area contributed by atoms with E-state index < -0.39 is 12.1 Å². The predicted molar refractivity (Wildman–Crippen MR) is 111 cm³/mol. The first-order valence-electron chi connectivity index (χ1n) is 9.28. The summed E-state index contributed by atoms with van der Waals surface area (Å²) in [7, 11) is 1.66. The summed E-state index contributed by atoms with van der Waals surface area (Å²) in [5.41, 5.74) is 2.80. The first-order chi connectivity index (χ1) is 14.5. The highest BCUT2D eigenvalue weighted by molar-refractivity contribution is 6.00. The number of carbonyl (C=O) groups is 1. The Labute approximate surface area is 172 Å². The minimum absolute atomic E-state index is 0.265. The molecule has 1 unspecified atom stereocenters. The van der Waals surface area contributed by atoms with Gasteiger partial charge in [-0.2, -0.15) is 5.10 Å². The molecule has 1 amide bonds. The molecule has 150 valence electrons. The number of nitrogens with one attached hydrogen (secondary N) is 1. The molecular weight excluding hydrogens is 386 g/mol. The molecule has 0 saturated heterocycles. The van der Waals surface area contributed by atoms with Gasteiger partial charge in [0.2, 0.25) is 6.17 Å². The van der Waals surface area contributed by atoms with Crippen LogP contribution in [0.4, 0.5) is 14.6 Å². The molecule has 0 fully saturated rings. The van der Waals surface area contributed by atoms with Crippen molar-refractivity contribution in [2.45, 2.75) is 6.17 Å². The van der Waals surface area contributed by atoms with Gasteiger partial charge in [0.05, 0.1) is 5.56 Å². The standard InChI is InChI=1S/C23H18F2N4O/c1-29-22(27-23(30)20(25)16-5-3-2-4-6-16)19(15-11-13-26-14-12-15)21(28-29)17-7-9-18(24)10-8-17/h2-14,20H,1H3,(H,27,30). The van der Waals surface area contributed by atoms with E-state index in [1.165, 1.54) is 16.8 Å². The number of hydrogen-bond acceptors (Lipinski definition) is 3. The number of aromatic nitrogens is 3. The average Bonchev–Trinajstić information content (AvgIpc) is 3.10. The highest BCUT2D eigenvalue weighted by Gasteiger charge is 2.25. The van der Waals surface area contributed by atoms with Gasteiger partial charge in [0.15, 0.2) is 0 Å². The van der Waals surface area contributed by atoms with Crippen LogP contribution in [0, 0.1) is 5.82 Å². The summed E-state index contributed by atoms with van der Waals surface area (Å²) in [6.45, 7) is 0. The van der Waals surface area contributed by atoms with Gasteiger partial charge in [-0.1, -0.05) is 30.3 Å². The largest absolute Gasteiger partial charge is 0.308 e. The lowest BCUT2D eigenvalue weighted by molar-refractivity contribution is -0.121. The zero-order chi connectivity index (χ0) is 21.1. The Morgan fingerprint density at radius 2 is 1.63 bits per heavy atom. The van der Waals surface area contributed by atoms with Gasteiger partial charge in [0, 0.05) is 25.0 Å². The third kappa shape index (κ3) is 3.82. The van der Waals surface area contributed by atoms with Crippen molar-refractivity contribution in [3.05, 3.63) is 90.5 Å². The molecule has 30 heavy (non-hydrogen) atoms. The van der Waals surface area contributed by atoms with Crippen LogP contribution >= 0.6 is 0 Å². The highest BCUT2D eigenvalue weighted by atomic mass is 19.1. The van der Waals surface area contributed by atoms with Gasteiger partial charge >= 0.3 is 0 Å². The number of amides is 1. The number of anilines is 1. The fourth-order valence-electron chi connectivity index (χ4n) is 3.22. The molecule has 0 spiro atoms. The van der Waals surface area contributed by atoms with Crippen LogP contribution in [-0.4, -0.2) is 20.7 Å². The Balaban J connectivity index is 1.78. The smallest absolute Gasteiger partial charge is 0.264 e. The minimum atomic E-state index is -1.83. The molecule has 5 nitrogen and oxygen atoms in total. The number of aryl methyl sites for hydroxylation is 1. The lowest BCUT2D eigenvalue weighted by Crippen LogP contribution is -2.20. The summed E-state index contributed by atoms with van der Waals surface area (Å²) in [5, 5.41) is 7.18. The first-order valence-corrected chi connectivity index (χ1v) is 9.28. The van der Waals surface area contributed by atoms with Crippen molar-refractivity contribution in [2.75, 3.05) is 5.32 Å². The molecule has 0 aliphatic rings. The summed E-state index contributed by atoms with van der Waals surface area (Å²) in [6.07, 6.45) is 1.40. The number of nitrogens with zero attached hydrogens (tertiary/aromatic N) is 3. The number of benzene rings is 2. The van der Waals surface area contributed by atoms with Gasteiger partial charge in [-0.25, -0.2) is 8.78 Å². The average molecular weight is 404 g/mol. The molecule has 2 heterocycles. The van der Waals surface area contributed by atoms with E-state index in [2.05, 4.69) is 15.4 Å². The Morgan fingerprint density at radius 1 is 0.967 bits per heavy atom. The fraction of sp³-hybridized carbons (Fsp3) is 0.0870. The maximum atomic E-state index is 14.8. The van der Waals surface area contributed by atoms with E-state index >= 15 is 0 Å². The second-order valence-electron chi connectivity index (χ2n) is 6.70. The van der Waals surface area contributed by atoms with E-state index in [0.29, 0.717) is 22.6 Å². The zero-order valence-corrected chi connectivity index (χ0v) is 16.1. The van der Waals surface area contributed by atoms with E-state index in [1.54, 1.807) is 74.0 Å². The molecule has 7 heteroatoms. The van der Waals surface area contributed by atoms with Crippen LogP contribution < -0.4 is 5.32 Å². The van der Waals surface area contributed by atoms with E-state index in [4.69, 9.17) is 0 Å². The van der Waals surface area contributed by atoms with Gasteiger partial charge < -0.3 is 5.32 Å². The van der Waals surface area contributed by atoms with Gasteiger partial charge in [-0.3, -0.25) is 14.5 Å². The van der Waals surface area contributed by atoms with Crippen LogP contribution in [0.25, 0.3) is 22.4 Å². The maximum absolute atomic E-state index is 14.8. The Bertz CT molecular complexity index is 1160. The van der Waals surface area contributed by atoms with Crippen molar-refractivity contribution < 1.29 is 13.6 Å². The van der Waals surface area contributed by atoms with Crippen LogP contribution in [0.3, 0.4) is 0 Å². The molecule has 2 aromatic heterocycles. The Morgan fingerprint density at radius 3 is 2.30 bits per heavy atom. The van der Waals surface area contributed by atoms with Crippen molar-refractivity contribution in [1.82, 2.24) is 14.8 Å². The highest BCUT2D eigenvalue weighted by Crippen LogP contribution is 2.37. The number of alkyl halides is 1. The number of hydrogen-bond donors (Lipinski definition) is 1. The molecule has 0 radical (unpaired) electrons. The van der Waals surface area contributed by atoms with Crippen molar-refractivity contribution in [3.8, 4) is 22.4 Å². The molecular formula is C23H18F2N4O. The van der Waals surface area contributed by atoms with E-state index in [9.17, 15) is 13.6 Å². The van der Waals surface area contributed by atoms with Crippen LogP contribution in [0.1, 0.15) is 11.7 Å². The first kappa shape index (κ1) is 19.4. The number of carbonyl (C=O) groups excluding carboxylic acids is 1. The molecule has 0 saturated carbocycles. The summed E-state index contributed by atoms with van der Waals surface area (Å²) in [6, 6.07) is 17.6. The van der Waals surface area contributed by atoms with Crippen molar-refractivity contribution in [2.24, 2.45) is 7.05 Å². The van der Waals surface area contributed by atoms with Gasteiger partial charge in [0.1, 0.15) is 17.3 Å². The monoisotopic (exact) mass is 404 g/mol. The summed E-state index contributed by atoms with van der Waals surface area (Å²) in [4.78, 5) is 16.7. The molecule has 0 bridgehead atoms. The topological polar surface area (TPSA) is 59.8 Å². The third-order valence-electron chi connectivity index (χ3n) is 4.70. The second-order valence-corrected chi connectivity index (χ2v) is 6.70. The fourth-order valence-corrected chi connectivity index (χ4v) is 3.22. The van der Waals surface area contributed by atoms with Gasteiger partial charge in [-0.15, -0.1) is 0 Å². The normalized spacial score (nSPS) is 11.8. The molecule has 0 aliphatic carbocycles. The predicted octanol–water partition coefficient (Wildman–Crippen LogP) is 4.94. The third-order valence-corrected chi connectivity index (χ3v) is 4.70. The molecule has 4 rings (SSSR count). The SMILES string of the molecule is Cn1nc(-c2ccc(F)cc2)c(-c2ccncc2)c1NC(=O)C(F)c1ccccc1. The van der Waals surface area contributed by atoms with E-state index in [1.807, 2.05) is 0 Å². The van der Waals surface area contributed by atoms with Crippen molar-refractivity contribution >= 4 is 11.7 Å². The Hall–Kier alpha value is -3.87. The summed E-state index contributed by atoms with van der Waals surface area (Å²) >= 11 is 0. The second kappa shape index (κ2) is 8.24. The lowest BCUT2D eigenvalue weighted by atomic mass is 10.0. The molecule has 2 aromatic carbocycles. The Kier molecular flexibility index (Phi) is 5.34. The van der Waals surface area contributed by atoms with Gasteiger partial charge in [0.25, 0.3) is 5.91 Å².